The number of thiazole rings is 1. The van der Waals surface area contributed by atoms with Crippen molar-refractivity contribution in [2.75, 3.05) is 12.9 Å². The number of aryl methyl sites for hydroxylation is 2. The van der Waals surface area contributed by atoms with Crippen LogP contribution in [0.3, 0.4) is 0 Å². The van der Waals surface area contributed by atoms with Crippen LogP contribution in [-0.4, -0.2) is 26.3 Å². The molecule has 0 radical (unpaired) electrons. The molecule has 0 fully saturated rings. The second-order valence-electron chi connectivity index (χ2n) is 4.51. The van der Waals surface area contributed by atoms with Crippen LogP contribution in [0.5, 0.6) is 0 Å². The van der Waals surface area contributed by atoms with E-state index in [1.54, 1.807) is 36.9 Å². The minimum Gasteiger partial charge on any atom is -0.380 e. The van der Waals surface area contributed by atoms with Crippen LogP contribution in [0.25, 0.3) is 0 Å². The Hall–Kier alpha value is -1.24. The predicted molar refractivity (Wildman–Crippen MR) is 79.8 cm³/mol. The highest BCUT2D eigenvalue weighted by atomic mass is 32.2. The van der Waals surface area contributed by atoms with Crippen molar-refractivity contribution in [3.05, 3.63) is 45.9 Å². The van der Waals surface area contributed by atoms with Gasteiger partial charge in [0.15, 0.2) is 9.84 Å². The lowest BCUT2D eigenvalue weighted by Crippen LogP contribution is -2.09. The fraction of sp³-hybridized carbons (Fsp3) is 0.357. The lowest BCUT2D eigenvalue weighted by atomic mass is 10.2. The summed E-state index contributed by atoms with van der Waals surface area (Å²) >= 11 is 1.50. The van der Waals surface area contributed by atoms with E-state index in [2.05, 4.69) is 4.98 Å². The Bertz CT molecular complexity index is 660. The van der Waals surface area contributed by atoms with Gasteiger partial charge in [-0.05, 0) is 31.0 Å². The molecule has 1 aromatic carbocycles. The molecule has 0 N–H and O–H groups in total. The zero-order valence-corrected chi connectivity index (χ0v) is 13.1. The van der Waals surface area contributed by atoms with Gasteiger partial charge in [-0.25, -0.2) is 13.4 Å². The zero-order valence-electron chi connectivity index (χ0n) is 11.5. The molecule has 1 heterocycles. The van der Waals surface area contributed by atoms with Gasteiger partial charge < -0.3 is 4.74 Å². The number of hydrogen-bond donors (Lipinski definition) is 0. The van der Waals surface area contributed by atoms with Gasteiger partial charge in [0, 0.05) is 12.0 Å². The van der Waals surface area contributed by atoms with Crippen molar-refractivity contribution >= 4 is 21.2 Å². The highest BCUT2D eigenvalue weighted by Crippen LogP contribution is 2.18. The number of methoxy groups -OCH3 is 1. The minimum atomic E-state index is -3.25. The third-order valence-electron chi connectivity index (χ3n) is 3.04. The second kappa shape index (κ2) is 6.47. The van der Waals surface area contributed by atoms with Crippen molar-refractivity contribution in [1.82, 2.24) is 4.98 Å². The Morgan fingerprint density at radius 3 is 2.50 bits per heavy atom. The van der Waals surface area contributed by atoms with Crippen molar-refractivity contribution in [3.63, 3.8) is 0 Å². The molecule has 4 nitrogen and oxygen atoms in total. The highest BCUT2D eigenvalue weighted by molar-refractivity contribution is 7.91. The molecule has 2 aromatic rings. The van der Waals surface area contributed by atoms with E-state index in [4.69, 9.17) is 4.74 Å². The van der Waals surface area contributed by atoms with Crippen molar-refractivity contribution < 1.29 is 13.2 Å². The van der Waals surface area contributed by atoms with Crippen LogP contribution in [0, 0.1) is 6.92 Å². The number of benzene rings is 1. The van der Waals surface area contributed by atoms with E-state index in [1.807, 2.05) is 6.92 Å². The molecule has 1 aromatic heterocycles. The van der Waals surface area contributed by atoms with Crippen LogP contribution in [0.4, 0.5) is 0 Å². The molecule has 0 saturated carbocycles. The van der Waals surface area contributed by atoms with E-state index in [9.17, 15) is 8.42 Å². The second-order valence-corrected chi connectivity index (χ2v) is 7.56. The quantitative estimate of drug-likeness (QED) is 0.823. The smallest absolute Gasteiger partial charge is 0.178 e. The van der Waals surface area contributed by atoms with Crippen LogP contribution < -0.4 is 0 Å². The van der Waals surface area contributed by atoms with Gasteiger partial charge in [-0.2, -0.15) is 0 Å². The summed E-state index contributed by atoms with van der Waals surface area (Å²) in [6.45, 7) is 2.39. The average molecular weight is 311 g/mol. The maximum Gasteiger partial charge on any atom is 0.178 e. The number of ether oxygens (including phenoxy) is 1. The number of rotatable bonds is 6. The molecule has 20 heavy (non-hydrogen) atoms. The van der Waals surface area contributed by atoms with E-state index in [0.29, 0.717) is 17.9 Å². The fourth-order valence-electron chi connectivity index (χ4n) is 1.87. The number of hydrogen-bond acceptors (Lipinski definition) is 5. The fourth-order valence-corrected chi connectivity index (χ4v) is 4.04. The van der Waals surface area contributed by atoms with Gasteiger partial charge in [0.1, 0.15) is 0 Å². The number of sulfone groups is 1. The molecule has 6 heteroatoms. The lowest BCUT2D eigenvalue weighted by Gasteiger charge is -2.05. The van der Waals surface area contributed by atoms with Gasteiger partial charge in [-0.15, -0.1) is 11.3 Å². The van der Waals surface area contributed by atoms with Crippen LogP contribution >= 0.6 is 11.3 Å². The number of nitrogens with zero attached hydrogens (tertiary/aromatic N) is 1. The summed E-state index contributed by atoms with van der Waals surface area (Å²) in [5.41, 5.74) is 3.63. The molecule has 0 aliphatic heterocycles. The Morgan fingerprint density at radius 1 is 1.25 bits per heavy atom. The van der Waals surface area contributed by atoms with E-state index in [0.717, 1.165) is 16.1 Å². The molecular formula is C14H17NO3S2. The molecule has 0 saturated heterocycles. The number of aromatic nitrogens is 1. The standard InChI is InChI=1S/C14H17NO3S2/c1-11-14(19-10-15-11)7-8-20(16,17)13-5-3-12(4-6-13)9-18-2/h3-6,10H,7-9H2,1-2H3. The van der Waals surface area contributed by atoms with Crippen molar-refractivity contribution in [2.45, 2.75) is 24.8 Å². The Morgan fingerprint density at radius 2 is 1.95 bits per heavy atom. The zero-order chi connectivity index (χ0) is 14.6. The first-order valence-electron chi connectivity index (χ1n) is 6.22. The van der Waals surface area contributed by atoms with Crippen LogP contribution in [0.15, 0.2) is 34.7 Å². The summed E-state index contributed by atoms with van der Waals surface area (Å²) in [5.74, 6) is 0.111. The van der Waals surface area contributed by atoms with E-state index < -0.39 is 9.84 Å². The summed E-state index contributed by atoms with van der Waals surface area (Å²) in [6, 6.07) is 6.86. The van der Waals surface area contributed by atoms with Crippen molar-refractivity contribution in [1.29, 1.82) is 0 Å². The van der Waals surface area contributed by atoms with Crippen molar-refractivity contribution in [3.8, 4) is 0 Å². The Kier molecular flexibility index (Phi) is 4.91. The van der Waals surface area contributed by atoms with E-state index >= 15 is 0 Å². The van der Waals surface area contributed by atoms with E-state index in [-0.39, 0.29) is 5.75 Å². The summed E-state index contributed by atoms with van der Waals surface area (Å²) < 4.78 is 29.5. The first-order chi connectivity index (χ1) is 9.53. The monoisotopic (exact) mass is 311 g/mol. The summed E-state index contributed by atoms with van der Waals surface area (Å²) in [6.07, 6.45) is 0.513. The summed E-state index contributed by atoms with van der Waals surface area (Å²) in [4.78, 5) is 5.52. The van der Waals surface area contributed by atoms with Crippen LogP contribution in [-0.2, 0) is 27.6 Å². The summed E-state index contributed by atoms with van der Waals surface area (Å²) in [7, 11) is -1.63. The Labute approximate surface area is 123 Å². The predicted octanol–water partition coefficient (Wildman–Crippen LogP) is 2.61. The largest absolute Gasteiger partial charge is 0.380 e. The van der Waals surface area contributed by atoms with E-state index in [1.165, 1.54) is 11.3 Å². The van der Waals surface area contributed by atoms with Crippen LogP contribution in [0.2, 0.25) is 0 Å². The molecular weight excluding hydrogens is 294 g/mol. The minimum absolute atomic E-state index is 0.111. The third-order valence-corrected chi connectivity index (χ3v) is 5.76. The molecule has 0 unspecified atom stereocenters. The normalized spacial score (nSPS) is 11.7. The SMILES string of the molecule is COCc1ccc(S(=O)(=O)CCc2scnc2C)cc1. The van der Waals surface area contributed by atoms with Crippen LogP contribution in [0.1, 0.15) is 16.1 Å². The van der Waals surface area contributed by atoms with Gasteiger partial charge >= 0.3 is 0 Å². The topological polar surface area (TPSA) is 56.3 Å². The van der Waals surface area contributed by atoms with Gasteiger partial charge in [0.05, 0.1) is 28.5 Å². The first-order valence-corrected chi connectivity index (χ1v) is 8.76. The van der Waals surface area contributed by atoms with Crippen molar-refractivity contribution in [2.24, 2.45) is 0 Å². The van der Waals surface area contributed by atoms with Gasteiger partial charge in [-0.1, -0.05) is 12.1 Å². The molecule has 0 aliphatic rings. The maximum atomic E-state index is 12.3. The molecule has 0 bridgehead atoms. The molecule has 0 amide bonds. The molecule has 108 valence electrons. The summed E-state index contributed by atoms with van der Waals surface area (Å²) in [5, 5.41) is 0. The lowest BCUT2D eigenvalue weighted by molar-refractivity contribution is 0.185. The highest BCUT2D eigenvalue weighted by Gasteiger charge is 2.15. The molecule has 0 spiro atoms. The van der Waals surface area contributed by atoms with Gasteiger partial charge in [-0.3, -0.25) is 0 Å². The third kappa shape index (κ3) is 3.65. The maximum absolute atomic E-state index is 12.3. The Balaban J connectivity index is 2.08. The first kappa shape index (κ1) is 15.2. The molecule has 0 aliphatic carbocycles. The molecule has 2 rings (SSSR count). The van der Waals surface area contributed by atoms with Gasteiger partial charge in [0.25, 0.3) is 0 Å². The molecule has 0 atom stereocenters. The average Bonchev–Trinajstić information content (AvgIpc) is 2.83. The van der Waals surface area contributed by atoms with Gasteiger partial charge in [0.2, 0.25) is 0 Å².